The average Bonchev–Trinajstić information content (AvgIpc) is 3.80. The number of nitrogens with zero attached hydrogens (tertiary/aromatic N) is 2. The lowest BCUT2D eigenvalue weighted by molar-refractivity contribution is -0.244. The van der Waals surface area contributed by atoms with Gasteiger partial charge in [0.15, 0.2) is 11.5 Å². The highest BCUT2D eigenvalue weighted by molar-refractivity contribution is 6.34. The Balaban J connectivity index is 1.31. The number of para-hydroxylation sites is 1. The highest BCUT2D eigenvalue weighted by atomic mass is 35.5. The first-order valence-electron chi connectivity index (χ1n) is 16.4. The molecule has 1 aromatic heterocycles. The predicted molar refractivity (Wildman–Crippen MR) is 179 cm³/mol. The fraction of sp³-hybridized carbons (Fsp3) is 0.417. The van der Waals surface area contributed by atoms with Crippen LogP contribution in [0, 0.1) is 11.7 Å². The van der Waals surface area contributed by atoms with Crippen LogP contribution in [0.1, 0.15) is 54.4 Å². The van der Waals surface area contributed by atoms with Gasteiger partial charge in [-0.05, 0) is 68.4 Å². The minimum absolute atomic E-state index is 0.0320. The van der Waals surface area contributed by atoms with Crippen LogP contribution in [0.25, 0.3) is 11.0 Å². The number of amides is 1. The van der Waals surface area contributed by atoms with Gasteiger partial charge in [-0.25, -0.2) is 4.39 Å². The Morgan fingerprint density at radius 2 is 1.78 bits per heavy atom. The van der Waals surface area contributed by atoms with Crippen molar-refractivity contribution >= 4 is 45.9 Å². The first kappa shape index (κ1) is 34.5. The van der Waals surface area contributed by atoms with Crippen LogP contribution < -0.4 is 5.32 Å². The van der Waals surface area contributed by atoms with Gasteiger partial charge in [-0.1, -0.05) is 29.8 Å². The van der Waals surface area contributed by atoms with E-state index in [2.05, 4.69) is 5.32 Å². The molecule has 0 bridgehead atoms. The van der Waals surface area contributed by atoms with Crippen LogP contribution in [-0.2, 0) is 30.2 Å². The van der Waals surface area contributed by atoms with Gasteiger partial charge in [0.25, 0.3) is 11.8 Å². The number of anilines is 1. The second-order valence-corrected chi connectivity index (χ2v) is 12.9. The molecule has 2 N–H and O–H groups in total. The van der Waals surface area contributed by atoms with Crippen molar-refractivity contribution in [1.29, 1.82) is 0 Å². The fourth-order valence-corrected chi connectivity index (χ4v) is 7.18. The van der Waals surface area contributed by atoms with E-state index in [0.717, 1.165) is 18.9 Å². The van der Waals surface area contributed by atoms with Crippen LogP contribution >= 0.6 is 11.6 Å². The van der Waals surface area contributed by atoms with E-state index >= 15 is 4.39 Å². The number of rotatable bonds is 12. The number of nitrogens with one attached hydrogen (secondary N) is 1. The molecule has 2 aliphatic heterocycles. The van der Waals surface area contributed by atoms with Gasteiger partial charge in [0.1, 0.15) is 17.7 Å². The lowest BCUT2D eigenvalue weighted by Gasteiger charge is -2.50. The number of carbonyl (C=O) groups excluding carboxylic acids is 2. The molecule has 260 valence electrons. The molecule has 2 fully saturated rings. The SMILES string of the molecule is COC1=CCN(C(O[C@H]2CC[C@@H](C(=O)O)CC2)(C(=O)Cc2cc(Cl)c(NC(=O)c3coc4ccccc34)cc2F)N2CCCC2)C=C1OC. The monoisotopic (exact) mass is 695 g/mol. The van der Waals surface area contributed by atoms with Crippen LogP contribution in [0.15, 0.2) is 70.9 Å². The molecule has 1 saturated carbocycles. The van der Waals surface area contributed by atoms with Crippen molar-refractivity contribution in [2.75, 3.05) is 39.2 Å². The highest BCUT2D eigenvalue weighted by Gasteiger charge is 2.52. The number of carbonyl (C=O) groups is 3. The van der Waals surface area contributed by atoms with E-state index in [1.807, 2.05) is 4.90 Å². The predicted octanol–water partition coefficient (Wildman–Crippen LogP) is 6.33. The van der Waals surface area contributed by atoms with Crippen molar-refractivity contribution in [3.05, 3.63) is 88.4 Å². The summed E-state index contributed by atoms with van der Waals surface area (Å²) in [7, 11) is 3.03. The zero-order valence-corrected chi connectivity index (χ0v) is 28.1. The molecule has 0 spiro atoms. The zero-order chi connectivity index (χ0) is 34.7. The largest absolute Gasteiger partial charge is 0.493 e. The maximum Gasteiger partial charge on any atom is 0.306 e. The number of ketones is 1. The standard InChI is InChI=1S/C36H39ClFN3O8/c1-46-31-13-16-41(20-32(31)47-2)36(40-14-5-6-15-40,49-24-11-9-22(10-12-24)35(44)45)33(42)18-23-17-27(37)29(19-28(23)38)39-34(43)26-21-48-30-8-4-3-7-25(26)30/h3-4,7-8,13,17,19-22,24H,5-6,9-12,14-16,18H2,1-2H3,(H,39,43)(H,44,45)/t22-,24+,36?. The Morgan fingerprint density at radius 1 is 1.06 bits per heavy atom. The van der Waals surface area contributed by atoms with Gasteiger partial charge in [0.2, 0.25) is 5.78 Å². The number of benzene rings is 2. The molecule has 49 heavy (non-hydrogen) atoms. The second kappa shape index (κ2) is 14.6. The molecule has 0 radical (unpaired) electrons. The number of likely N-dealkylation sites (tertiary alicyclic amines) is 1. The molecule has 1 unspecified atom stereocenters. The summed E-state index contributed by atoms with van der Waals surface area (Å²) in [5.41, 5.74) is 0.882. The van der Waals surface area contributed by atoms with E-state index in [-0.39, 0.29) is 34.8 Å². The Kier molecular flexibility index (Phi) is 10.3. The van der Waals surface area contributed by atoms with Crippen molar-refractivity contribution in [1.82, 2.24) is 9.80 Å². The second-order valence-electron chi connectivity index (χ2n) is 12.5. The number of hydrogen-bond acceptors (Lipinski definition) is 9. The lowest BCUT2D eigenvalue weighted by atomic mass is 9.87. The van der Waals surface area contributed by atoms with E-state index in [1.54, 1.807) is 41.4 Å². The van der Waals surface area contributed by atoms with Crippen molar-refractivity contribution in [2.24, 2.45) is 5.92 Å². The third-order valence-corrected chi connectivity index (χ3v) is 9.84. The van der Waals surface area contributed by atoms with Crippen molar-refractivity contribution in [3.8, 4) is 0 Å². The summed E-state index contributed by atoms with van der Waals surface area (Å²) in [6.07, 6.45) is 7.42. The van der Waals surface area contributed by atoms with E-state index in [1.165, 1.54) is 26.5 Å². The third kappa shape index (κ3) is 6.90. The van der Waals surface area contributed by atoms with Gasteiger partial charge >= 0.3 is 5.97 Å². The molecule has 13 heteroatoms. The summed E-state index contributed by atoms with van der Waals surface area (Å²) in [6, 6.07) is 9.51. The Bertz CT molecular complexity index is 1790. The summed E-state index contributed by atoms with van der Waals surface area (Å²) in [5.74, 6) is -3.75. The lowest BCUT2D eigenvalue weighted by Crippen LogP contribution is -2.67. The van der Waals surface area contributed by atoms with Gasteiger partial charge in [-0.2, -0.15) is 0 Å². The number of methoxy groups -OCH3 is 2. The van der Waals surface area contributed by atoms with Crippen molar-refractivity contribution in [2.45, 2.75) is 56.9 Å². The summed E-state index contributed by atoms with van der Waals surface area (Å²) in [6.45, 7) is 1.35. The van der Waals surface area contributed by atoms with Crippen LogP contribution in [-0.4, -0.2) is 78.4 Å². The molecule has 3 aromatic rings. The third-order valence-electron chi connectivity index (χ3n) is 9.53. The smallest absolute Gasteiger partial charge is 0.306 e. The molecule has 6 rings (SSSR count). The van der Waals surface area contributed by atoms with Crippen LogP contribution in [0.4, 0.5) is 10.1 Å². The van der Waals surface area contributed by atoms with E-state index < -0.39 is 41.3 Å². The van der Waals surface area contributed by atoms with E-state index in [0.29, 0.717) is 61.3 Å². The first-order valence-corrected chi connectivity index (χ1v) is 16.7. The number of furan rings is 1. The summed E-state index contributed by atoms with van der Waals surface area (Å²) >= 11 is 6.60. The number of carboxylic acid groups (broad SMARTS) is 1. The van der Waals surface area contributed by atoms with Gasteiger partial charge in [-0.3, -0.25) is 19.3 Å². The first-order chi connectivity index (χ1) is 23.6. The number of ether oxygens (including phenoxy) is 3. The maximum absolute atomic E-state index is 15.9. The van der Waals surface area contributed by atoms with Crippen molar-refractivity contribution < 1.29 is 42.5 Å². The van der Waals surface area contributed by atoms with E-state index in [9.17, 15) is 19.5 Å². The Labute approximate surface area is 288 Å². The van der Waals surface area contributed by atoms with E-state index in [4.69, 9.17) is 30.2 Å². The molecular formula is C36H39ClFN3O8. The summed E-state index contributed by atoms with van der Waals surface area (Å²) in [4.78, 5) is 43.3. The van der Waals surface area contributed by atoms with Gasteiger partial charge in [-0.15, -0.1) is 0 Å². The molecular weight excluding hydrogens is 657 g/mol. The number of halogens is 2. The minimum Gasteiger partial charge on any atom is -0.493 e. The van der Waals surface area contributed by atoms with Crippen molar-refractivity contribution in [3.63, 3.8) is 0 Å². The molecule has 3 aliphatic rings. The topological polar surface area (TPSA) is 131 Å². The molecule has 2 aromatic carbocycles. The molecule has 1 amide bonds. The zero-order valence-electron chi connectivity index (χ0n) is 27.4. The van der Waals surface area contributed by atoms with Gasteiger partial charge in [0, 0.05) is 37.6 Å². The highest BCUT2D eigenvalue weighted by Crippen LogP contribution is 2.38. The Morgan fingerprint density at radius 3 is 2.47 bits per heavy atom. The quantitative estimate of drug-likeness (QED) is 0.222. The minimum atomic E-state index is -1.66. The molecule has 1 saturated heterocycles. The Hall–Kier alpha value is -4.39. The number of Topliss-reactive ketones (excluding diaryl/α,β-unsaturated/α-hetero) is 1. The number of hydrogen-bond donors (Lipinski definition) is 2. The maximum atomic E-state index is 15.9. The average molecular weight is 696 g/mol. The van der Waals surface area contributed by atoms with Crippen LogP contribution in [0.2, 0.25) is 5.02 Å². The van der Waals surface area contributed by atoms with Gasteiger partial charge in [0.05, 0.1) is 42.5 Å². The van der Waals surface area contributed by atoms with Crippen LogP contribution in [0.3, 0.4) is 0 Å². The summed E-state index contributed by atoms with van der Waals surface area (Å²) in [5, 5.41) is 12.9. The van der Waals surface area contributed by atoms with Gasteiger partial charge < -0.3 is 34.0 Å². The fourth-order valence-electron chi connectivity index (χ4n) is 6.95. The number of aliphatic carboxylic acids is 1. The normalized spacial score (nSPS) is 21.1. The molecule has 1 atom stereocenters. The van der Waals surface area contributed by atoms with Crippen LogP contribution in [0.5, 0.6) is 0 Å². The molecule has 1 aliphatic carbocycles. The molecule has 3 heterocycles. The number of carboxylic acids is 1. The molecule has 11 nitrogen and oxygen atoms in total. The number of fused-ring (bicyclic) bond motifs is 1. The summed E-state index contributed by atoms with van der Waals surface area (Å²) < 4.78 is 39.3.